The second-order valence-electron chi connectivity index (χ2n) is 5.14. The number of nitrogens with one attached hydrogen (secondary N) is 2. The average Bonchev–Trinajstić information content (AvgIpc) is 2.23. The number of rotatable bonds is 9. The van der Waals surface area contributed by atoms with E-state index >= 15 is 0 Å². The number of hydrogen-bond acceptors (Lipinski definition) is 5. The minimum atomic E-state index is -3.64. The second-order valence-corrected chi connectivity index (χ2v) is 6.92. The molecule has 2 unspecified atom stereocenters. The van der Waals surface area contributed by atoms with Gasteiger partial charge in [0.2, 0.25) is 21.8 Å². The molecule has 10 heteroatoms. The number of carboxylic acid groups (broad SMARTS) is 1. The molecule has 2 atom stereocenters. The maximum Gasteiger partial charge on any atom is 0.326 e. The van der Waals surface area contributed by atoms with E-state index in [0.717, 1.165) is 6.26 Å². The number of aliphatic carboxylic acids is 1. The van der Waals surface area contributed by atoms with Crippen LogP contribution < -0.4 is 15.8 Å². The molecule has 0 saturated heterocycles. The van der Waals surface area contributed by atoms with Crippen molar-refractivity contribution in [3.8, 4) is 0 Å². The Kier molecular flexibility index (Phi) is 7.30. The van der Waals surface area contributed by atoms with Gasteiger partial charge in [-0.15, -0.1) is 0 Å². The van der Waals surface area contributed by atoms with Crippen LogP contribution in [0.2, 0.25) is 0 Å². The van der Waals surface area contributed by atoms with E-state index in [0.29, 0.717) is 0 Å². The van der Waals surface area contributed by atoms with Crippen molar-refractivity contribution >= 4 is 27.8 Å². The van der Waals surface area contributed by atoms with Gasteiger partial charge in [0, 0.05) is 0 Å². The zero-order valence-electron chi connectivity index (χ0n) is 12.1. The van der Waals surface area contributed by atoms with E-state index < -0.39 is 46.3 Å². The van der Waals surface area contributed by atoms with Crippen LogP contribution in [0.3, 0.4) is 0 Å². The van der Waals surface area contributed by atoms with Crippen molar-refractivity contribution in [1.82, 2.24) is 10.0 Å². The highest BCUT2D eigenvalue weighted by molar-refractivity contribution is 7.88. The highest BCUT2D eigenvalue weighted by atomic mass is 32.2. The van der Waals surface area contributed by atoms with Gasteiger partial charge in [0.05, 0.1) is 12.7 Å². The first-order chi connectivity index (χ1) is 9.42. The fourth-order valence-electron chi connectivity index (χ4n) is 1.61. The van der Waals surface area contributed by atoms with Gasteiger partial charge in [-0.2, -0.15) is 0 Å². The van der Waals surface area contributed by atoms with Gasteiger partial charge in [0.15, 0.2) is 0 Å². The summed E-state index contributed by atoms with van der Waals surface area (Å²) in [6, 6.07) is -2.61. The van der Waals surface area contributed by atoms with Crippen LogP contribution in [0, 0.1) is 5.92 Å². The van der Waals surface area contributed by atoms with Gasteiger partial charge in [-0.25, -0.2) is 17.9 Å². The number of carbonyl (C=O) groups is 3. The van der Waals surface area contributed by atoms with Gasteiger partial charge in [0.25, 0.3) is 0 Å². The lowest BCUT2D eigenvalue weighted by Crippen LogP contribution is -2.52. The molecule has 9 nitrogen and oxygen atoms in total. The van der Waals surface area contributed by atoms with Crippen molar-refractivity contribution < 1.29 is 27.9 Å². The van der Waals surface area contributed by atoms with E-state index in [9.17, 15) is 22.8 Å². The second kappa shape index (κ2) is 7.93. The lowest BCUT2D eigenvalue weighted by molar-refractivity contribution is -0.143. The normalized spacial score (nSPS) is 14.5. The summed E-state index contributed by atoms with van der Waals surface area (Å²) in [7, 11) is -3.64. The molecule has 0 aromatic heterocycles. The molecule has 0 rings (SSSR count). The van der Waals surface area contributed by atoms with Crippen LogP contribution in [0.25, 0.3) is 0 Å². The Morgan fingerprint density at radius 3 is 2.05 bits per heavy atom. The molecular formula is C11H21N3O6S. The van der Waals surface area contributed by atoms with Crippen molar-refractivity contribution in [3.63, 3.8) is 0 Å². The molecule has 0 heterocycles. The Bertz CT molecular complexity index is 502. The van der Waals surface area contributed by atoms with Crippen molar-refractivity contribution in [1.29, 1.82) is 0 Å². The summed E-state index contributed by atoms with van der Waals surface area (Å²) >= 11 is 0. The first kappa shape index (κ1) is 19.3. The molecule has 0 bridgehead atoms. The largest absolute Gasteiger partial charge is 0.480 e. The van der Waals surface area contributed by atoms with Gasteiger partial charge in [-0.05, 0) is 12.3 Å². The third-order valence-electron chi connectivity index (χ3n) is 2.40. The van der Waals surface area contributed by atoms with Crippen LogP contribution in [-0.4, -0.2) is 49.6 Å². The van der Waals surface area contributed by atoms with Gasteiger partial charge in [0.1, 0.15) is 12.1 Å². The molecule has 5 N–H and O–H groups in total. The smallest absolute Gasteiger partial charge is 0.326 e. The van der Waals surface area contributed by atoms with Crippen molar-refractivity contribution in [2.75, 3.05) is 6.26 Å². The van der Waals surface area contributed by atoms with Gasteiger partial charge < -0.3 is 16.2 Å². The summed E-state index contributed by atoms with van der Waals surface area (Å²) in [5, 5.41) is 11.0. The first-order valence-electron chi connectivity index (χ1n) is 6.21. The molecule has 0 fully saturated rings. The maximum atomic E-state index is 12.0. The predicted octanol–water partition coefficient (Wildman–Crippen LogP) is -1.60. The number of carboxylic acids is 1. The van der Waals surface area contributed by atoms with Gasteiger partial charge >= 0.3 is 5.97 Å². The predicted molar refractivity (Wildman–Crippen MR) is 74.6 cm³/mol. The molecule has 0 aromatic rings. The Labute approximate surface area is 123 Å². The molecule has 21 heavy (non-hydrogen) atoms. The summed E-state index contributed by atoms with van der Waals surface area (Å²) in [6.45, 7) is 3.56. The van der Waals surface area contributed by atoms with Crippen molar-refractivity contribution in [2.45, 2.75) is 38.8 Å². The fourth-order valence-corrected chi connectivity index (χ4v) is 2.33. The number of primary amides is 1. The van der Waals surface area contributed by atoms with E-state index in [1.165, 1.54) is 0 Å². The Morgan fingerprint density at radius 1 is 1.19 bits per heavy atom. The molecule has 0 radical (unpaired) electrons. The lowest BCUT2D eigenvalue weighted by Gasteiger charge is -2.21. The van der Waals surface area contributed by atoms with E-state index in [-0.39, 0.29) is 12.3 Å². The summed E-state index contributed by atoms with van der Waals surface area (Å²) < 4.78 is 24.6. The molecule has 122 valence electrons. The quantitative estimate of drug-likeness (QED) is 0.400. The summed E-state index contributed by atoms with van der Waals surface area (Å²) in [4.78, 5) is 33.7. The van der Waals surface area contributed by atoms with Crippen LogP contribution in [0.4, 0.5) is 0 Å². The average molecular weight is 323 g/mol. The molecule has 0 aliphatic carbocycles. The van der Waals surface area contributed by atoms with Gasteiger partial charge in [-0.1, -0.05) is 13.8 Å². The first-order valence-corrected chi connectivity index (χ1v) is 8.10. The van der Waals surface area contributed by atoms with Crippen molar-refractivity contribution in [3.05, 3.63) is 0 Å². The van der Waals surface area contributed by atoms with E-state index in [1.807, 2.05) is 0 Å². The molecule has 0 aromatic carbocycles. The number of hydrogen-bond donors (Lipinski definition) is 4. The number of sulfonamides is 1. The molecule has 0 saturated carbocycles. The monoisotopic (exact) mass is 323 g/mol. The zero-order valence-corrected chi connectivity index (χ0v) is 12.9. The number of amides is 2. The molecule has 0 aliphatic rings. The molecular weight excluding hydrogens is 302 g/mol. The summed E-state index contributed by atoms with van der Waals surface area (Å²) in [5.41, 5.74) is 4.90. The van der Waals surface area contributed by atoms with Gasteiger partial charge in [-0.3, -0.25) is 9.59 Å². The zero-order chi connectivity index (χ0) is 16.8. The molecule has 0 aliphatic heterocycles. The Morgan fingerprint density at radius 2 is 1.71 bits per heavy atom. The highest BCUT2D eigenvalue weighted by Gasteiger charge is 2.28. The lowest BCUT2D eigenvalue weighted by atomic mass is 10.0. The fraction of sp³-hybridized carbons (Fsp3) is 0.727. The van der Waals surface area contributed by atoms with Crippen LogP contribution in [0.15, 0.2) is 0 Å². The minimum absolute atomic E-state index is 0.00517. The van der Waals surface area contributed by atoms with E-state index in [2.05, 4.69) is 10.0 Å². The maximum absolute atomic E-state index is 12.0. The van der Waals surface area contributed by atoms with Crippen LogP contribution >= 0.6 is 0 Å². The Balaban J connectivity index is 5.00. The number of carbonyl (C=O) groups excluding carboxylic acids is 2. The van der Waals surface area contributed by atoms with Crippen LogP contribution in [-0.2, 0) is 24.4 Å². The third-order valence-corrected chi connectivity index (χ3v) is 3.11. The molecule has 0 spiro atoms. The van der Waals surface area contributed by atoms with Crippen LogP contribution in [0.5, 0.6) is 0 Å². The topological polar surface area (TPSA) is 156 Å². The summed E-state index contributed by atoms with van der Waals surface area (Å²) in [5.74, 6) is -3.14. The van der Waals surface area contributed by atoms with Crippen LogP contribution in [0.1, 0.15) is 26.7 Å². The molecule has 2 amide bonds. The minimum Gasteiger partial charge on any atom is -0.480 e. The standard InChI is InChI=1S/C11H21N3O6S/c1-6(2)4-7(14-21(3,19)20)10(16)13-8(11(17)18)5-9(12)15/h6-8,14H,4-5H2,1-3H3,(H2,12,15)(H,13,16)(H,17,18). The van der Waals surface area contributed by atoms with E-state index in [4.69, 9.17) is 10.8 Å². The third kappa shape index (κ3) is 8.97. The van der Waals surface area contributed by atoms with E-state index in [1.54, 1.807) is 13.8 Å². The van der Waals surface area contributed by atoms with Crippen molar-refractivity contribution in [2.24, 2.45) is 11.7 Å². The summed E-state index contributed by atoms with van der Waals surface area (Å²) in [6.07, 6.45) is 0.502. The number of nitrogens with two attached hydrogens (primary N) is 1. The Hall–Kier alpha value is -1.68. The SMILES string of the molecule is CC(C)CC(NS(C)(=O)=O)C(=O)NC(CC(N)=O)C(=O)O. The highest BCUT2D eigenvalue weighted by Crippen LogP contribution is 2.07.